The van der Waals surface area contributed by atoms with Crippen molar-refractivity contribution in [3.63, 3.8) is 0 Å². The zero-order valence-corrected chi connectivity index (χ0v) is 20.2. The van der Waals surface area contributed by atoms with E-state index < -0.39 is 0 Å². The third-order valence-electron chi connectivity index (χ3n) is 6.56. The topological polar surface area (TPSA) is 114 Å². The lowest BCUT2D eigenvalue weighted by Crippen LogP contribution is -2.41. The average molecular weight is 472 g/mol. The number of H-pyrrole nitrogens is 1. The summed E-state index contributed by atoms with van der Waals surface area (Å²) in [6, 6.07) is 7.49. The van der Waals surface area contributed by atoms with Crippen LogP contribution in [0, 0.1) is 5.92 Å². The molecule has 2 amide bonds. The summed E-state index contributed by atoms with van der Waals surface area (Å²) < 4.78 is 0. The highest BCUT2D eigenvalue weighted by Gasteiger charge is 2.30. The van der Waals surface area contributed by atoms with Crippen LogP contribution in [-0.2, 0) is 4.79 Å². The number of hydrogen-bond donors (Lipinski definition) is 4. The lowest BCUT2D eigenvalue weighted by molar-refractivity contribution is -0.134. The van der Waals surface area contributed by atoms with Gasteiger partial charge in [-0.15, -0.1) is 0 Å². The smallest absolute Gasteiger partial charge is 0.251 e. The Morgan fingerprint density at radius 2 is 2.06 bits per heavy atom. The Kier molecular flexibility index (Phi) is 5.76. The van der Waals surface area contributed by atoms with Crippen molar-refractivity contribution in [1.82, 2.24) is 25.9 Å². The van der Waals surface area contributed by atoms with Crippen molar-refractivity contribution < 1.29 is 9.59 Å². The summed E-state index contributed by atoms with van der Waals surface area (Å²) in [5.41, 5.74) is 9.13. The SMILES string of the molecule is CNC(=O)c1cccc2[nH]c(C3=NNC4NC=C(C5=CC(N(C)C(=O)C(C)C)CN=C5)C=C34)cc12. The van der Waals surface area contributed by atoms with E-state index in [9.17, 15) is 9.59 Å². The quantitative estimate of drug-likeness (QED) is 0.535. The zero-order chi connectivity index (χ0) is 24.7. The minimum absolute atomic E-state index is 0.0650. The lowest BCUT2D eigenvalue weighted by atomic mass is 9.94. The number of hydrogen-bond acceptors (Lipinski definition) is 6. The van der Waals surface area contributed by atoms with Gasteiger partial charge < -0.3 is 20.5 Å². The third-order valence-corrected chi connectivity index (χ3v) is 6.56. The summed E-state index contributed by atoms with van der Waals surface area (Å²) in [4.78, 5) is 34.5. The fourth-order valence-electron chi connectivity index (χ4n) is 4.60. The minimum atomic E-state index is -0.152. The Morgan fingerprint density at radius 1 is 1.23 bits per heavy atom. The number of hydrazone groups is 1. The van der Waals surface area contributed by atoms with Crippen molar-refractivity contribution in [3.8, 4) is 0 Å². The van der Waals surface area contributed by atoms with E-state index in [1.807, 2.05) is 57.6 Å². The molecular formula is C26H29N7O2. The Labute approximate surface area is 203 Å². The van der Waals surface area contributed by atoms with E-state index in [-0.39, 0.29) is 29.9 Å². The van der Waals surface area contributed by atoms with Crippen molar-refractivity contribution in [2.75, 3.05) is 20.6 Å². The molecule has 0 saturated heterocycles. The maximum Gasteiger partial charge on any atom is 0.251 e. The van der Waals surface area contributed by atoms with Crippen LogP contribution in [0.3, 0.4) is 0 Å². The van der Waals surface area contributed by atoms with E-state index in [0.717, 1.165) is 39.0 Å². The molecule has 0 aliphatic carbocycles. The van der Waals surface area contributed by atoms with Gasteiger partial charge in [0.1, 0.15) is 11.9 Å². The van der Waals surface area contributed by atoms with Gasteiger partial charge in [0.2, 0.25) is 5.91 Å². The summed E-state index contributed by atoms with van der Waals surface area (Å²) in [5, 5.41) is 11.5. The van der Waals surface area contributed by atoms with Gasteiger partial charge in [0.15, 0.2) is 0 Å². The summed E-state index contributed by atoms with van der Waals surface area (Å²) in [7, 11) is 3.46. The van der Waals surface area contributed by atoms with Crippen molar-refractivity contribution >= 4 is 34.6 Å². The summed E-state index contributed by atoms with van der Waals surface area (Å²) in [6.45, 7) is 4.36. The highest BCUT2D eigenvalue weighted by atomic mass is 16.2. The van der Waals surface area contributed by atoms with Gasteiger partial charge in [0, 0.05) is 54.5 Å². The number of aromatic amines is 1. The van der Waals surface area contributed by atoms with Crippen LogP contribution in [0.1, 0.15) is 29.9 Å². The Hall–Kier alpha value is -4.14. The first-order valence-corrected chi connectivity index (χ1v) is 11.7. The van der Waals surface area contributed by atoms with Crippen molar-refractivity contribution in [2.45, 2.75) is 26.1 Å². The van der Waals surface area contributed by atoms with Crippen LogP contribution in [0.2, 0.25) is 0 Å². The van der Waals surface area contributed by atoms with E-state index in [0.29, 0.717) is 12.1 Å². The van der Waals surface area contributed by atoms with Gasteiger partial charge in [-0.3, -0.25) is 20.0 Å². The second-order valence-corrected chi connectivity index (χ2v) is 9.20. The number of aromatic nitrogens is 1. The molecular weight excluding hydrogens is 442 g/mol. The first kappa shape index (κ1) is 22.6. The fourth-order valence-corrected chi connectivity index (χ4v) is 4.60. The second-order valence-electron chi connectivity index (χ2n) is 9.20. The molecule has 1 aromatic carbocycles. The normalized spacial score (nSPS) is 20.8. The van der Waals surface area contributed by atoms with E-state index in [1.54, 1.807) is 11.9 Å². The molecule has 0 bridgehead atoms. The second kappa shape index (κ2) is 8.90. The molecule has 2 aromatic rings. The molecule has 2 unspecified atom stereocenters. The first-order valence-electron chi connectivity index (χ1n) is 11.7. The van der Waals surface area contributed by atoms with Crippen molar-refractivity contribution in [1.29, 1.82) is 0 Å². The van der Waals surface area contributed by atoms with Crippen molar-refractivity contribution in [3.05, 3.63) is 70.6 Å². The van der Waals surface area contributed by atoms with E-state index >= 15 is 0 Å². The number of likely N-dealkylation sites (N-methyl/N-ethyl adjacent to an activating group) is 1. The number of aliphatic imine (C=N–C) groups is 1. The molecule has 3 aliphatic heterocycles. The van der Waals surface area contributed by atoms with Gasteiger partial charge in [-0.1, -0.05) is 26.0 Å². The third kappa shape index (κ3) is 4.03. The molecule has 4 heterocycles. The molecule has 9 nitrogen and oxygen atoms in total. The number of allylic oxidation sites excluding steroid dienone is 3. The number of dihydropyridines is 2. The van der Waals surface area contributed by atoms with E-state index in [4.69, 9.17) is 0 Å². The molecule has 2 atom stereocenters. The zero-order valence-electron chi connectivity index (χ0n) is 20.2. The van der Waals surface area contributed by atoms with Crippen LogP contribution >= 0.6 is 0 Å². The number of nitrogens with zero attached hydrogens (tertiary/aromatic N) is 3. The summed E-state index contributed by atoms with van der Waals surface area (Å²) in [6.07, 6.45) is 7.83. The van der Waals surface area contributed by atoms with Crippen LogP contribution in [0.4, 0.5) is 0 Å². The molecule has 0 fully saturated rings. The van der Waals surface area contributed by atoms with Crippen LogP contribution in [-0.4, -0.2) is 66.5 Å². The molecule has 0 spiro atoms. The monoisotopic (exact) mass is 471 g/mol. The Morgan fingerprint density at radius 3 is 2.83 bits per heavy atom. The molecule has 1 aromatic heterocycles. The molecule has 35 heavy (non-hydrogen) atoms. The molecule has 5 rings (SSSR count). The highest BCUT2D eigenvalue weighted by Crippen LogP contribution is 2.28. The number of benzene rings is 1. The number of carbonyl (C=O) groups is 2. The summed E-state index contributed by atoms with van der Waals surface area (Å²) in [5.74, 6) is -0.0979. The lowest BCUT2D eigenvalue weighted by Gasteiger charge is -2.29. The standard InChI is InChI=1S/C26H29N7O2/c1-14(2)26(35)33(4)17-8-15(11-28-13-17)16-9-20-23(31-32-24(20)29-12-16)22-10-19-18(25(34)27-3)6-5-7-21(19)30-22/h5-12,14,17,24,29-30,32H,13H2,1-4H3,(H,27,34). The van der Waals surface area contributed by atoms with Gasteiger partial charge in [-0.05, 0) is 35.4 Å². The van der Waals surface area contributed by atoms with Gasteiger partial charge >= 0.3 is 0 Å². The molecule has 4 N–H and O–H groups in total. The van der Waals surface area contributed by atoms with Crippen LogP contribution < -0.4 is 16.1 Å². The van der Waals surface area contributed by atoms with Crippen molar-refractivity contribution in [2.24, 2.45) is 16.0 Å². The van der Waals surface area contributed by atoms with Gasteiger partial charge in [0.05, 0.1) is 18.3 Å². The molecule has 3 aliphatic rings. The maximum atomic E-state index is 12.5. The van der Waals surface area contributed by atoms with Gasteiger partial charge in [-0.25, -0.2) is 0 Å². The first-order chi connectivity index (χ1) is 16.9. The predicted molar refractivity (Wildman–Crippen MR) is 137 cm³/mol. The van der Waals surface area contributed by atoms with Crippen LogP contribution in [0.5, 0.6) is 0 Å². The Balaban J connectivity index is 1.45. The number of carbonyl (C=O) groups excluding carboxylic acids is 2. The molecule has 9 heteroatoms. The Bertz CT molecular complexity index is 1360. The largest absolute Gasteiger partial charge is 0.366 e. The van der Waals surface area contributed by atoms with E-state index in [2.05, 4.69) is 43.3 Å². The number of amides is 2. The maximum absolute atomic E-state index is 12.5. The molecule has 0 saturated carbocycles. The fraction of sp³-hybridized carbons (Fsp3) is 0.308. The number of fused-ring (bicyclic) bond motifs is 2. The summed E-state index contributed by atoms with van der Waals surface area (Å²) >= 11 is 0. The average Bonchev–Trinajstić information content (AvgIpc) is 3.50. The van der Waals surface area contributed by atoms with Crippen LogP contribution in [0.15, 0.2) is 69.4 Å². The van der Waals surface area contributed by atoms with Gasteiger partial charge in [0.25, 0.3) is 5.91 Å². The predicted octanol–water partition coefficient (Wildman–Crippen LogP) is 2.07. The minimum Gasteiger partial charge on any atom is -0.366 e. The highest BCUT2D eigenvalue weighted by molar-refractivity contribution is 6.17. The molecule has 0 radical (unpaired) electrons. The van der Waals surface area contributed by atoms with E-state index in [1.165, 1.54) is 0 Å². The number of rotatable bonds is 5. The molecule has 180 valence electrons. The van der Waals surface area contributed by atoms with Gasteiger partial charge in [-0.2, -0.15) is 5.10 Å². The number of nitrogens with one attached hydrogen (secondary N) is 4. The van der Waals surface area contributed by atoms with Crippen LogP contribution in [0.25, 0.3) is 10.9 Å².